The van der Waals surface area contributed by atoms with Crippen molar-refractivity contribution in [2.24, 2.45) is 11.8 Å². The molecule has 7 nitrogen and oxygen atoms in total. The second kappa shape index (κ2) is 8.94. The van der Waals surface area contributed by atoms with E-state index in [0.717, 1.165) is 0 Å². The number of nitrogens with one attached hydrogen (secondary N) is 1. The van der Waals surface area contributed by atoms with Crippen molar-refractivity contribution in [2.45, 2.75) is 33.1 Å². The molecule has 3 unspecified atom stereocenters. The number of nitrogens with zero attached hydrogens (tertiary/aromatic N) is 2. The maximum absolute atomic E-state index is 12.1. The van der Waals surface area contributed by atoms with Gasteiger partial charge in [0, 0.05) is 31.9 Å². The summed E-state index contributed by atoms with van der Waals surface area (Å²) >= 11 is -2.20. The maximum Gasteiger partial charge on any atom is 0.249 e. The second-order valence-corrected chi connectivity index (χ2v) is 8.19. The summed E-state index contributed by atoms with van der Waals surface area (Å²) in [5, 5.41) is 8.18. The van der Waals surface area contributed by atoms with Crippen LogP contribution in [-0.2, 0) is 15.9 Å². The first-order valence-electron chi connectivity index (χ1n) is 8.86. The molecule has 0 spiro atoms. The highest BCUT2D eigenvalue weighted by Crippen LogP contribution is 2.27. The monoisotopic (exact) mass is 383 g/mol. The van der Waals surface area contributed by atoms with Crippen LogP contribution in [0.5, 0.6) is 0 Å². The SMILES string of the molecule is Cc1cccc(N2CCN(C(C(C(=O)NO)C(C)C)S(=O)O)CC2)c1C. The maximum atomic E-state index is 12.1. The first kappa shape index (κ1) is 20.8. The number of hydrogen-bond donors (Lipinski definition) is 3. The van der Waals surface area contributed by atoms with Crippen LogP contribution in [0, 0.1) is 25.7 Å². The molecule has 146 valence electrons. The molecule has 0 bridgehead atoms. The van der Waals surface area contributed by atoms with E-state index in [1.807, 2.05) is 24.8 Å². The van der Waals surface area contributed by atoms with Crippen LogP contribution in [0.15, 0.2) is 18.2 Å². The number of hydrogen-bond acceptors (Lipinski definition) is 5. The van der Waals surface area contributed by atoms with Crippen LogP contribution in [0.1, 0.15) is 25.0 Å². The summed E-state index contributed by atoms with van der Waals surface area (Å²) in [6.07, 6.45) is 0. The molecule has 0 saturated carbocycles. The molecule has 0 aromatic heterocycles. The van der Waals surface area contributed by atoms with E-state index < -0.39 is 28.3 Å². The number of carbonyl (C=O) groups excluding carboxylic acids is 1. The van der Waals surface area contributed by atoms with E-state index in [0.29, 0.717) is 26.2 Å². The van der Waals surface area contributed by atoms with Crippen molar-refractivity contribution in [2.75, 3.05) is 31.1 Å². The van der Waals surface area contributed by atoms with Crippen molar-refractivity contribution in [1.82, 2.24) is 10.4 Å². The van der Waals surface area contributed by atoms with Gasteiger partial charge in [-0.15, -0.1) is 0 Å². The second-order valence-electron chi connectivity index (χ2n) is 7.15. The Labute approximate surface area is 157 Å². The Morgan fingerprint density at radius 2 is 1.81 bits per heavy atom. The van der Waals surface area contributed by atoms with Crippen LogP contribution in [0.4, 0.5) is 5.69 Å². The van der Waals surface area contributed by atoms with E-state index in [-0.39, 0.29) is 5.92 Å². The molecule has 0 aliphatic carbocycles. The average Bonchev–Trinajstić information content (AvgIpc) is 2.61. The fourth-order valence-electron chi connectivity index (χ4n) is 3.61. The minimum atomic E-state index is -2.20. The first-order chi connectivity index (χ1) is 12.3. The number of piperazine rings is 1. The largest absolute Gasteiger partial charge is 0.369 e. The van der Waals surface area contributed by atoms with Crippen molar-refractivity contribution in [3.05, 3.63) is 29.3 Å². The Morgan fingerprint density at radius 3 is 2.31 bits per heavy atom. The van der Waals surface area contributed by atoms with Crippen LogP contribution in [0.25, 0.3) is 0 Å². The summed E-state index contributed by atoms with van der Waals surface area (Å²) in [7, 11) is 0. The molecule has 1 heterocycles. The number of aryl methyl sites for hydroxylation is 1. The van der Waals surface area contributed by atoms with Gasteiger partial charge in [0.2, 0.25) is 5.91 Å². The van der Waals surface area contributed by atoms with Crippen molar-refractivity contribution in [3.8, 4) is 0 Å². The van der Waals surface area contributed by atoms with Crippen LogP contribution in [-0.4, -0.2) is 56.3 Å². The highest BCUT2D eigenvalue weighted by Gasteiger charge is 2.40. The summed E-state index contributed by atoms with van der Waals surface area (Å²) in [6, 6.07) is 6.21. The van der Waals surface area contributed by atoms with Crippen LogP contribution in [0.3, 0.4) is 0 Å². The van der Waals surface area contributed by atoms with Gasteiger partial charge in [0.05, 0.1) is 5.92 Å². The van der Waals surface area contributed by atoms with Crippen molar-refractivity contribution in [1.29, 1.82) is 0 Å². The predicted molar refractivity (Wildman–Crippen MR) is 103 cm³/mol. The number of carbonyl (C=O) groups is 1. The summed E-state index contributed by atoms with van der Waals surface area (Å²) in [6.45, 7) is 10.4. The molecular formula is C18H29N3O4S. The third-order valence-electron chi connectivity index (χ3n) is 5.24. The lowest BCUT2D eigenvalue weighted by molar-refractivity contribution is -0.136. The van der Waals surface area contributed by atoms with Gasteiger partial charge >= 0.3 is 0 Å². The van der Waals surface area contributed by atoms with Crippen LogP contribution in [0.2, 0.25) is 0 Å². The summed E-state index contributed by atoms with van der Waals surface area (Å²) in [5.41, 5.74) is 5.30. The molecule has 1 aliphatic rings. The molecule has 26 heavy (non-hydrogen) atoms. The highest BCUT2D eigenvalue weighted by atomic mass is 32.2. The van der Waals surface area contributed by atoms with E-state index in [9.17, 15) is 13.6 Å². The van der Waals surface area contributed by atoms with Gasteiger partial charge in [-0.05, 0) is 37.0 Å². The summed E-state index contributed by atoms with van der Waals surface area (Å²) in [5.74, 6) is -1.57. The van der Waals surface area contributed by atoms with Gasteiger partial charge in [-0.3, -0.25) is 14.9 Å². The number of benzene rings is 1. The Hall–Kier alpha value is -1.48. The average molecular weight is 384 g/mol. The van der Waals surface area contributed by atoms with Gasteiger partial charge in [0.25, 0.3) is 0 Å². The topological polar surface area (TPSA) is 93.1 Å². The highest BCUT2D eigenvalue weighted by molar-refractivity contribution is 7.79. The standard InChI is InChI=1S/C18H29N3O4S/c1-12(2)16(17(22)19-23)18(26(24)25)21-10-8-20(9-11-21)15-7-5-6-13(3)14(15)4/h5-7,12,16,18,23H,8-11H2,1-4H3,(H,19,22)(H,24,25). The Bertz CT molecular complexity index is 660. The zero-order valence-electron chi connectivity index (χ0n) is 15.8. The first-order valence-corrected chi connectivity index (χ1v) is 10.0. The number of rotatable bonds is 6. The lowest BCUT2D eigenvalue weighted by Crippen LogP contribution is -2.57. The fourth-order valence-corrected chi connectivity index (χ4v) is 4.77. The quantitative estimate of drug-likeness (QED) is 0.394. The van der Waals surface area contributed by atoms with E-state index >= 15 is 0 Å². The minimum absolute atomic E-state index is 0.180. The van der Waals surface area contributed by atoms with Crippen molar-refractivity contribution < 1.29 is 18.8 Å². The molecular weight excluding hydrogens is 354 g/mol. The number of hydroxylamine groups is 1. The molecule has 1 saturated heterocycles. The third kappa shape index (κ3) is 4.43. The van der Waals surface area contributed by atoms with Crippen LogP contribution < -0.4 is 10.4 Å². The van der Waals surface area contributed by atoms with Gasteiger partial charge in [-0.2, -0.15) is 0 Å². The van der Waals surface area contributed by atoms with Crippen molar-refractivity contribution in [3.63, 3.8) is 0 Å². The predicted octanol–water partition coefficient (Wildman–Crippen LogP) is 1.75. The molecule has 2 rings (SSSR count). The van der Waals surface area contributed by atoms with E-state index in [1.165, 1.54) is 16.8 Å². The van der Waals surface area contributed by atoms with Crippen LogP contribution >= 0.6 is 0 Å². The molecule has 3 N–H and O–H groups in total. The molecule has 1 aromatic carbocycles. The van der Waals surface area contributed by atoms with Gasteiger partial charge in [-0.25, -0.2) is 9.69 Å². The number of anilines is 1. The van der Waals surface area contributed by atoms with Crippen molar-refractivity contribution >= 4 is 22.7 Å². The smallest absolute Gasteiger partial charge is 0.249 e. The lowest BCUT2D eigenvalue weighted by atomic mass is 9.93. The third-order valence-corrected chi connectivity index (χ3v) is 6.24. The normalized spacial score (nSPS) is 19.3. The molecule has 8 heteroatoms. The molecule has 1 aliphatic heterocycles. The minimum Gasteiger partial charge on any atom is -0.369 e. The Morgan fingerprint density at radius 1 is 1.19 bits per heavy atom. The number of amides is 1. The molecule has 1 amide bonds. The zero-order chi connectivity index (χ0) is 19.4. The molecule has 0 radical (unpaired) electrons. The van der Waals surface area contributed by atoms with E-state index in [4.69, 9.17) is 5.21 Å². The van der Waals surface area contributed by atoms with Gasteiger partial charge < -0.3 is 9.45 Å². The molecule has 1 aromatic rings. The molecule has 1 fully saturated rings. The van der Waals surface area contributed by atoms with Gasteiger partial charge in [0.1, 0.15) is 5.37 Å². The fraction of sp³-hybridized carbons (Fsp3) is 0.611. The summed E-state index contributed by atoms with van der Waals surface area (Å²) < 4.78 is 21.9. The zero-order valence-corrected chi connectivity index (χ0v) is 16.6. The van der Waals surface area contributed by atoms with E-state index in [1.54, 1.807) is 5.48 Å². The summed E-state index contributed by atoms with van der Waals surface area (Å²) in [4.78, 5) is 16.2. The Kier molecular flexibility index (Phi) is 7.16. The molecule has 3 atom stereocenters. The van der Waals surface area contributed by atoms with E-state index in [2.05, 4.69) is 30.9 Å². The lowest BCUT2D eigenvalue weighted by Gasteiger charge is -2.42. The van der Waals surface area contributed by atoms with Gasteiger partial charge in [-0.1, -0.05) is 26.0 Å². The van der Waals surface area contributed by atoms with Gasteiger partial charge in [0.15, 0.2) is 11.1 Å². The Balaban J connectivity index is 2.16.